The quantitative estimate of drug-likeness (QED) is 0.891. The van der Waals surface area contributed by atoms with E-state index in [9.17, 15) is 9.18 Å². The maximum atomic E-state index is 12.9. The van der Waals surface area contributed by atoms with Gasteiger partial charge in [0.25, 0.3) is 0 Å². The minimum absolute atomic E-state index is 0.111. The maximum Gasteiger partial charge on any atom is 0.243 e. The van der Waals surface area contributed by atoms with Gasteiger partial charge in [0.05, 0.1) is 17.3 Å². The van der Waals surface area contributed by atoms with Crippen LogP contribution < -0.4 is 10.6 Å². The lowest BCUT2D eigenvalue weighted by Gasteiger charge is -2.13. The zero-order valence-corrected chi connectivity index (χ0v) is 12.6. The molecule has 0 unspecified atom stereocenters. The van der Waals surface area contributed by atoms with E-state index < -0.39 is 5.82 Å². The monoisotopic (exact) mass is 306 g/mol. The van der Waals surface area contributed by atoms with E-state index in [1.807, 2.05) is 32.0 Å². The molecule has 0 atom stereocenters. The Morgan fingerprint density at radius 2 is 1.86 bits per heavy atom. The second kappa shape index (κ2) is 6.59. The summed E-state index contributed by atoms with van der Waals surface area (Å²) in [5, 5.41) is 5.93. The van der Waals surface area contributed by atoms with E-state index in [4.69, 9.17) is 11.6 Å². The number of carbonyl (C=O) groups excluding carboxylic acids is 1. The Morgan fingerprint density at radius 3 is 2.48 bits per heavy atom. The van der Waals surface area contributed by atoms with Crippen LogP contribution in [0.3, 0.4) is 0 Å². The van der Waals surface area contributed by atoms with Crippen LogP contribution in [0.4, 0.5) is 15.8 Å². The van der Waals surface area contributed by atoms with Crippen LogP contribution in [0.15, 0.2) is 36.4 Å². The van der Waals surface area contributed by atoms with E-state index in [1.54, 1.807) is 0 Å². The summed E-state index contributed by atoms with van der Waals surface area (Å²) in [6.45, 7) is 4.06. The molecule has 0 heterocycles. The molecule has 1 amide bonds. The minimum atomic E-state index is -0.438. The molecule has 0 aliphatic carbocycles. The van der Waals surface area contributed by atoms with Crippen molar-refractivity contribution in [3.8, 4) is 0 Å². The van der Waals surface area contributed by atoms with Crippen molar-refractivity contribution in [1.29, 1.82) is 0 Å². The molecule has 2 N–H and O–H groups in total. The number of rotatable bonds is 4. The first-order chi connectivity index (χ1) is 9.97. The summed E-state index contributed by atoms with van der Waals surface area (Å²) in [5.74, 6) is -0.683. The molecule has 0 saturated heterocycles. The Morgan fingerprint density at radius 1 is 1.19 bits per heavy atom. The van der Waals surface area contributed by atoms with Crippen LogP contribution in [0, 0.1) is 19.7 Å². The Labute approximate surface area is 128 Å². The van der Waals surface area contributed by atoms with Crippen LogP contribution in [0.5, 0.6) is 0 Å². The standard InChI is InChI=1S/C16H16ClFN2O/c1-10-4-3-5-11(2)16(10)19-9-15(21)20-14-7-6-12(18)8-13(14)17/h3-8,19H,9H2,1-2H3,(H,20,21). The third kappa shape index (κ3) is 3.95. The van der Waals surface area contributed by atoms with Gasteiger partial charge >= 0.3 is 0 Å². The predicted molar refractivity (Wildman–Crippen MR) is 84.4 cm³/mol. The maximum absolute atomic E-state index is 12.9. The van der Waals surface area contributed by atoms with Crippen LogP contribution in [0.2, 0.25) is 5.02 Å². The number of amides is 1. The Hall–Kier alpha value is -2.07. The van der Waals surface area contributed by atoms with Crippen molar-refractivity contribution in [3.05, 3.63) is 58.4 Å². The molecule has 0 saturated carbocycles. The first-order valence-corrected chi connectivity index (χ1v) is 6.90. The molecule has 110 valence electrons. The normalized spacial score (nSPS) is 10.3. The number of anilines is 2. The summed E-state index contributed by atoms with van der Waals surface area (Å²) in [6.07, 6.45) is 0. The van der Waals surface area contributed by atoms with Crippen LogP contribution in [0.25, 0.3) is 0 Å². The molecular formula is C16H16ClFN2O. The first-order valence-electron chi connectivity index (χ1n) is 6.52. The molecule has 0 spiro atoms. The molecule has 3 nitrogen and oxygen atoms in total. The van der Waals surface area contributed by atoms with E-state index in [1.165, 1.54) is 12.1 Å². The van der Waals surface area contributed by atoms with Gasteiger partial charge in [-0.05, 0) is 43.2 Å². The number of carbonyl (C=O) groups is 1. The van der Waals surface area contributed by atoms with Gasteiger partial charge in [0.15, 0.2) is 0 Å². The summed E-state index contributed by atoms with van der Waals surface area (Å²) in [7, 11) is 0. The van der Waals surface area contributed by atoms with Crippen LogP contribution in [-0.2, 0) is 4.79 Å². The van der Waals surface area contributed by atoms with Crippen LogP contribution in [-0.4, -0.2) is 12.5 Å². The molecular weight excluding hydrogens is 291 g/mol. The predicted octanol–water partition coefficient (Wildman–Crippen LogP) is 4.15. The van der Waals surface area contributed by atoms with Crippen molar-refractivity contribution in [2.75, 3.05) is 17.2 Å². The van der Waals surface area contributed by atoms with Crippen molar-refractivity contribution in [1.82, 2.24) is 0 Å². The number of hydrogen-bond acceptors (Lipinski definition) is 2. The zero-order valence-electron chi connectivity index (χ0n) is 11.8. The summed E-state index contributed by atoms with van der Waals surface area (Å²) < 4.78 is 12.9. The van der Waals surface area contributed by atoms with Gasteiger partial charge in [-0.2, -0.15) is 0 Å². The number of para-hydroxylation sites is 1. The van der Waals surface area contributed by atoms with Gasteiger partial charge in [-0.1, -0.05) is 29.8 Å². The highest BCUT2D eigenvalue weighted by Crippen LogP contribution is 2.22. The molecule has 0 aliphatic rings. The van der Waals surface area contributed by atoms with Gasteiger partial charge in [0.2, 0.25) is 5.91 Å². The average molecular weight is 307 g/mol. The third-order valence-corrected chi connectivity index (χ3v) is 3.42. The van der Waals surface area contributed by atoms with Gasteiger partial charge in [0.1, 0.15) is 5.82 Å². The fourth-order valence-electron chi connectivity index (χ4n) is 2.05. The summed E-state index contributed by atoms with van der Waals surface area (Å²) in [6, 6.07) is 9.77. The molecule has 2 aromatic carbocycles. The lowest BCUT2D eigenvalue weighted by Crippen LogP contribution is -2.22. The average Bonchev–Trinajstić information content (AvgIpc) is 2.41. The molecule has 0 aromatic heterocycles. The molecule has 0 bridgehead atoms. The van der Waals surface area contributed by atoms with Gasteiger partial charge in [-0.3, -0.25) is 4.79 Å². The number of benzene rings is 2. The number of aryl methyl sites for hydroxylation is 2. The highest BCUT2D eigenvalue weighted by atomic mass is 35.5. The van der Waals surface area contributed by atoms with Crippen molar-refractivity contribution in [2.24, 2.45) is 0 Å². The summed E-state index contributed by atoms with van der Waals surface area (Å²) in [4.78, 5) is 11.9. The smallest absolute Gasteiger partial charge is 0.243 e. The largest absolute Gasteiger partial charge is 0.376 e. The molecule has 2 aromatic rings. The molecule has 5 heteroatoms. The number of halogens is 2. The van der Waals surface area contributed by atoms with E-state index in [0.29, 0.717) is 5.69 Å². The second-order valence-corrected chi connectivity index (χ2v) is 5.20. The molecule has 2 rings (SSSR count). The van der Waals surface area contributed by atoms with Crippen molar-refractivity contribution in [2.45, 2.75) is 13.8 Å². The topological polar surface area (TPSA) is 41.1 Å². The van der Waals surface area contributed by atoms with Crippen LogP contribution >= 0.6 is 11.6 Å². The lowest BCUT2D eigenvalue weighted by atomic mass is 10.1. The van der Waals surface area contributed by atoms with E-state index >= 15 is 0 Å². The highest BCUT2D eigenvalue weighted by Gasteiger charge is 2.08. The third-order valence-electron chi connectivity index (χ3n) is 3.11. The minimum Gasteiger partial charge on any atom is -0.376 e. The Bertz CT molecular complexity index is 653. The number of nitrogens with one attached hydrogen (secondary N) is 2. The van der Waals surface area contributed by atoms with E-state index in [-0.39, 0.29) is 17.5 Å². The van der Waals surface area contributed by atoms with Crippen LogP contribution in [0.1, 0.15) is 11.1 Å². The molecule has 0 radical (unpaired) electrons. The summed E-state index contributed by atoms with van der Waals surface area (Å²) >= 11 is 5.87. The van der Waals surface area contributed by atoms with Gasteiger partial charge in [-0.25, -0.2) is 4.39 Å². The zero-order chi connectivity index (χ0) is 15.4. The van der Waals surface area contributed by atoms with Gasteiger partial charge in [-0.15, -0.1) is 0 Å². The number of hydrogen-bond donors (Lipinski definition) is 2. The van der Waals surface area contributed by atoms with E-state index in [2.05, 4.69) is 10.6 Å². The Balaban J connectivity index is 1.99. The lowest BCUT2D eigenvalue weighted by molar-refractivity contribution is -0.114. The van der Waals surface area contributed by atoms with Crippen molar-refractivity contribution >= 4 is 28.9 Å². The van der Waals surface area contributed by atoms with E-state index in [0.717, 1.165) is 22.9 Å². The van der Waals surface area contributed by atoms with Crippen molar-refractivity contribution in [3.63, 3.8) is 0 Å². The molecule has 0 aliphatic heterocycles. The molecule has 0 fully saturated rings. The van der Waals surface area contributed by atoms with Gasteiger partial charge < -0.3 is 10.6 Å². The fourth-order valence-corrected chi connectivity index (χ4v) is 2.26. The van der Waals surface area contributed by atoms with Crippen molar-refractivity contribution < 1.29 is 9.18 Å². The Kier molecular flexibility index (Phi) is 4.81. The summed E-state index contributed by atoms with van der Waals surface area (Å²) in [5.41, 5.74) is 3.48. The first kappa shape index (κ1) is 15.3. The SMILES string of the molecule is Cc1cccc(C)c1NCC(=O)Nc1ccc(F)cc1Cl. The second-order valence-electron chi connectivity index (χ2n) is 4.79. The molecule has 21 heavy (non-hydrogen) atoms. The highest BCUT2D eigenvalue weighted by molar-refractivity contribution is 6.33. The van der Waals surface area contributed by atoms with Gasteiger partial charge in [0, 0.05) is 5.69 Å². The fraction of sp³-hybridized carbons (Fsp3) is 0.188.